The Kier molecular flexibility index (Phi) is 9.22. The van der Waals surface area contributed by atoms with E-state index in [-0.39, 0.29) is 11.3 Å². The van der Waals surface area contributed by atoms with Crippen LogP contribution >= 0.6 is 0 Å². The summed E-state index contributed by atoms with van der Waals surface area (Å²) in [4.78, 5) is 12.1. The Labute approximate surface area is 166 Å². The van der Waals surface area contributed by atoms with E-state index < -0.39 is 33.8 Å². The Morgan fingerprint density at radius 1 is 0.769 bits per heavy atom. The lowest BCUT2D eigenvalue weighted by atomic mass is 9.96. The molecular weight excluding hydrogens is 395 g/mol. The van der Waals surface area contributed by atoms with E-state index in [2.05, 4.69) is 64.2 Å². The van der Waals surface area contributed by atoms with E-state index in [9.17, 15) is 4.79 Å². The van der Waals surface area contributed by atoms with Gasteiger partial charge < -0.3 is 17.7 Å². The minimum absolute atomic E-state index is 0.0770. The third-order valence-electron chi connectivity index (χ3n) is 3.01. The molecule has 9 heteroatoms. The molecule has 0 rings (SSSR count). The van der Waals surface area contributed by atoms with Crippen molar-refractivity contribution in [3.63, 3.8) is 0 Å². The van der Waals surface area contributed by atoms with Crippen LogP contribution in [0.4, 0.5) is 0 Å². The van der Waals surface area contributed by atoms with Crippen molar-refractivity contribution in [2.24, 2.45) is 5.41 Å². The van der Waals surface area contributed by atoms with Crippen LogP contribution in [0.5, 0.6) is 0 Å². The lowest BCUT2D eigenvalue weighted by molar-refractivity contribution is -0.128. The van der Waals surface area contributed by atoms with Gasteiger partial charge in [0.1, 0.15) is 0 Å². The molecule has 0 bridgehead atoms. The van der Waals surface area contributed by atoms with Gasteiger partial charge in [-0.15, -0.1) is 0 Å². The summed E-state index contributed by atoms with van der Waals surface area (Å²) < 4.78 is 19.9. The van der Waals surface area contributed by atoms with Gasteiger partial charge in [-0.05, 0) is 65.3 Å². The first-order chi connectivity index (χ1) is 11.2. The fourth-order valence-corrected chi connectivity index (χ4v) is 17.0. The van der Waals surface area contributed by atoms with E-state index >= 15 is 0 Å². The van der Waals surface area contributed by atoms with Crippen LogP contribution in [0.2, 0.25) is 65.0 Å². The van der Waals surface area contributed by atoms with Gasteiger partial charge in [0, 0.05) is 18.0 Å². The standard InChI is InChI=1S/C17H43NO4Si4/c1-17(2,3)16(19)18-14-13-15-26(20-23(4,5)6,21-24(7,8)9)22-25(10,11)12/h13-15H2,1-12H3,(H,18,19). The molecule has 1 amide bonds. The topological polar surface area (TPSA) is 56.8 Å². The van der Waals surface area contributed by atoms with E-state index in [1.165, 1.54) is 0 Å². The number of amides is 1. The Balaban J connectivity index is 5.30. The van der Waals surface area contributed by atoms with Crippen molar-refractivity contribution in [3.05, 3.63) is 0 Å². The van der Waals surface area contributed by atoms with Crippen molar-refractivity contribution in [2.45, 2.75) is 92.2 Å². The second-order valence-corrected chi connectivity index (χ2v) is 27.9. The molecular formula is C17H43NO4Si4. The average Bonchev–Trinajstić information content (AvgIpc) is 2.25. The maximum Gasteiger partial charge on any atom is 0.469 e. The van der Waals surface area contributed by atoms with E-state index in [4.69, 9.17) is 12.3 Å². The highest BCUT2D eigenvalue weighted by Crippen LogP contribution is 2.29. The quantitative estimate of drug-likeness (QED) is 0.384. The zero-order chi connectivity index (χ0) is 21.0. The van der Waals surface area contributed by atoms with Crippen LogP contribution in [0.25, 0.3) is 0 Å². The largest absolute Gasteiger partial charge is 0.469 e. The number of hydrogen-bond acceptors (Lipinski definition) is 4. The second-order valence-electron chi connectivity index (χ2n) is 10.9. The molecule has 0 aliphatic heterocycles. The van der Waals surface area contributed by atoms with E-state index in [1.54, 1.807) is 0 Å². The van der Waals surface area contributed by atoms with Gasteiger partial charge in [-0.2, -0.15) is 0 Å². The summed E-state index contributed by atoms with van der Waals surface area (Å²) in [5.41, 5.74) is -0.368. The van der Waals surface area contributed by atoms with Gasteiger partial charge in [-0.1, -0.05) is 20.8 Å². The van der Waals surface area contributed by atoms with Crippen molar-refractivity contribution in [1.82, 2.24) is 5.32 Å². The lowest BCUT2D eigenvalue weighted by Gasteiger charge is -2.43. The van der Waals surface area contributed by atoms with E-state index in [1.807, 2.05) is 20.8 Å². The number of carbonyl (C=O) groups excluding carboxylic acids is 1. The first-order valence-corrected chi connectivity index (χ1v) is 21.8. The molecule has 0 saturated heterocycles. The van der Waals surface area contributed by atoms with Crippen molar-refractivity contribution < 1.29 is 17.1 Å². The highest BCUT2D eigenvalue weighted by molar-refractivity contribution is 6.90. The predicted molar refractivity (Wildman–Crippen MR) is 121 cm³/mol. The van der Waals surface area contributed by atoms with Crippen molar-refractivity contribution in [1.29, 1.82) is 0 Å². The normalized spacial score (nSPS) is 14.5. The molecule has 0 aromatic rings. The van der Waals surface area contributed by atoms with Gasteiger partial charge >= 0.3 is 8.80 Å². The summed E-state index contributed by atoms with van der Waals surface area (Å²) in [7, 11) is -8.29. The predicted octanol–water partition coefficient (Wildman–Crippen LogP) is 5.03. The Hall–Kier alpha value is 0.218. The van der Waals surface area contributed by atoms with Crippen LogP contribution in [-0.4, -0.2) is 46.2 Å². The van der Waals surface area contributed by atoms with Gasteiger partial charge in [0.2, 0.25) is 5.91 Å². The number of nitrogens with one attached hydrogen (secondary N) is 1. The van der Waals surface area contributed by atoms with Crippen LogP contribution in [0.15, 0.2) is 0 Å². The first kappa shape index (κ1) is 26.2. The molecule has 0 heterocycles. The minimum Gasteiger partial charge on any atom is -0.417 e. The van der Waals surface area contributed by atoms with E-state index in [0.29, 0.717) is 6.54 Å². The Morgan fingerprint density at radius 2 is 1.12 bits per heavy atom. The maximum atomic E-state index is 12.1. The highest BCUT2D eigenvalue weighted by Gasteiger charge is 2.49. The fourth-order valence-electron chi connectivity index (χ4n) is 2.39. The zero-order valence-electron chi connectivity index (χ0n) is 19.3. The minimum atomic E-state index is -2.79. The summed E-state index contributed by atoms with van der Waals surface area (Å²) in [5, 5.41) is 3.03. The molecule has 0 aliphatic rings. The van der Waals surface area contributed by atoms with Gasteiger partial charge in [0.25, 0.3) is 0 Å². The summed E-state index contributed by atoms with van der Waals surface area (Å²) >= 11 is 0. The molecule has 0 fully saturated rings. The number of hydrogen-bond donors (Lipinski definition) is 1. The van der Waals surface area contributed by atoms with Crippen molar-refractivity contribution in [3.8, 4) is 0 Å². The van der Waals surface area contributed by atoms with Crippen molar-refractivity contribution >= 4 is 39.7 Å². The highest BCUT2D eigenvalue weighted by atomic mass is 28.5. The molecule has 0 aromatic heterocycles. The summed E-state index contributed by atoms with van der Waals surface area (Å²) in [6.07, 6.45) is 0.813. The second kappa shape index (κ2) is 9.14. The molecule has 0 radical (unpaired) electrons. The van der Waals surface area contributed by atoms with Crippen LogP contribution < -0.4 is 5.32 Å². The zero-order valence-corrected chi connectivity index (χ0v) is 23.3. The first-order valence-electron chi connectivity index (χ1n) is 9.64. The maximum absolute atomic E-state index is 12.1. The molecule has 0 spiro atoms. The molecule has 26 heavy (non-hydrogen) atoms. The summed E-state index contributed by atoms with van der Waals surface area (Å²) in [6, 6.07) is 0.760. The van der Waals surface area contributed by atoms with Crippen LogP contribution in [0, 0.1) is 5.41 Å². The van der Waals surface area contributed by atoms with Gasteiger partial charge in [0.05, 0.1) is 0 Å². The molecule has 156 valence electrons. The van der Waals surface area contributed by atoms with Crippen LogP contribution in [0.3, 0.4) is 0 Å². The van der Waals surface area contributed by atoms with Gasteiger partial charge in [0.15, 0.2) is 25.0 Å². The smallest absolute Gasteiger partial charge is 0.417 e. The molecule has 5 nitrogen and oxygen atoms in total. The summed E-state index contributed by atoms with van der Waals surface area (Å²) in [6.45, 7) is 26.1. The monoisotopic (exact) mass is 437 g/mol. The fraction of sp³-hybridized carbons (Fsp3) is 0.941. The average molecular weight is 438 g/mol. The molecule has 1 N–H and O–H groups in total. The lowest BCUT2D eigenvalue weighted by Crippen LogP contribution is -2.60. The SMILES string of the molecule is CC(C)(C)C(=O)NCCC[Si](O[Si](C)(C)C)(O[Si](C)(C)C)O[Si](C)(C)C. The Bertz CT molecular complexity index is 419. The number of rotatable bonds is 10. The Morgan fingerprint density at radius 3 is 1.38 bits per heavy atom. The van der Waals surface area contributed by atoms with Gasteiger partial charge in [-0.3, -0.25) is 4.79 Å². The van der Waals surface area contributed by atoms with Gasteiger partial charge in [-0.25, -0.2) is 0 Å². The third kappa shape index (κ3) is 12.6. The molecule has 0 aliphatic carbocycles. The van der Waals surface area contributed by atoms with Crippen LogP contribution in [0.1, 0.15) is 27.2 Å². The third-order valence-corrected chi connectivity index (χ3v) is 15.1. The van der Waals surface area contributed by atoms with E-state index in [0.717, 1.165) is 12.5 Å². The summed E-state index contributed by atoms with van der Waals surface area (Å²) in [5.74, 6) is 0.0770. The molecule has 0 saturated carbocycles. The van der Waals surface area contributed by atoms with Crippen LogP contribution in [-0.2, 0) is 17.1 Å². The molecule has 0 unspecified atom stereocenters. The molecule has 0 atom stereocenters. The van der Waals surface area contributed by atoms with Crippen molar-refractivity contribution in [2.75, 3.05) is 6.54 Å². The number of carbonyl (C=O) groups is 1. The molecule has 0 aromatic carbocycles.